The van der Waals surface area contributed by atoms with E-state index in [2.05, 4.69) is 28.9 Å². The average molecular weight is 513 g/mol. The summed E-state index contributed by atoms with van der Waals surface area (Å²) in [5.41, 5.74) is 2.16. The van der Waals surface area contributed by atoms with Crippen LogP contribution < -0.4 is 4.90 Å². The van der Waals surface area contributed by atoms with Crippen molar-refractivity contribution in [3.63, 3.8) is 0 Å². The first-order valence-corrected chi connectivity index (χ1v) is 13.2. The Balaban J connectivity index is 1.31. The Morgan fingerprint density at radius 1 is 0.969 bits per heavy atom. The van der Waals surface area contributed by atoms with Crippen LogP contribution in [0.2, 0.25) is 0 Å². The van der Waals surface area contributed by atoms with Crippen LogP contribution in [0.4, 0.5) is 5.69 Å². The molecule has 0 spiro atoms. The van der Waals surface area contributed by atoms with Crippen LogP contribution in [0.3, 0.4) is 0 Å². The van der Waals surface area contributed by atoms with Crippen molar-refractivity contribution in [3.8, 4) is 0 Å². The molecule has 5 rings (SSSR count). The van der Waals surface area contributed by atoms with Crippen LogP contribution in [0, 0.1) is 5.92 Å². The highest BCUT2D eigenvalue weighted by Gasteiger charge is 2.38. The zero-order chi connectivity index (χ0) is 22.5. The largest absolute Gasteiger partial charge is 0.309 e. The van der Waals surface area contributed by atoms with Gasteiger partial charge in [0.25, 0.3) is 0 Å². The van der Waals surface area contributed by atoms with E-state index in [1.165, 1.54) is 9.87 Å². The number of benzene rings is 3. The molecule has 7 heteroatoms. The topological polar surface area (TPSA) is 57.7 Å². The van der Waals surface area contributed by atoms with E-state index in [0.717, 1.165) is 27.4 Å². The zero-order valence-electron chi connectivity index (χ0n) is 17.9. The molecule has 1 fully saturated rings. The van der Waals surface area contributed by atoms with Gasteiger partial charge < -0.3 is 4.90 Å². The fourth-order valence-corrected chi connectivity index (χ4v) is 6.87. The van der Waals surface area contributed by atoms with Crippen molar-refractivity contribution in [1.29, 1.82) is 0 Å². The SMILES string of the molecule is C[C@H]1Cc2cc(Br)ccc2N1C(=O)C1CCN(S(=O)(=O)c2ccc3ccccc3c2)CC1. The molecule has 0 radical (unpaired) electrons. The van der Waals surface area contributed by atoms with Crippen molar-refractivity contribution in [2.24, 2.45) is 5.92 Å². The van der Waals surface area contributed by atoms with Gasteiger partial charge in [-0.2, -0.15) is 4.31 Å². The Morgan fingerprint density at radius 3 is 2.44 bits per heavy atom. The highest BCUT2D eigenvalue weighted by molar-refractivity contribution is 9.10. The van der Waals surface area contributed by atoms with E-state index in [0.29, 0.717) is 30.8 Å². The summed E-state index contributed by atoms with van der Waals surface area (Å²) in [4.78, 5) is 15.6. The summed E-state index contributed by atoms with van der Waals surface area (Å²) in [5, 5.41) is 1.93. The summed E-state index contributed by atoms with van der Waals surface area (Å²) in [6, 6.07) is 19.2. The number of halogens is 1. The van der Waals surface area contributed by atoms with Gasteiger partial charge in [-0.15, -0.1) is 0 Å². The maximum absolute atomic E-state index is 13.4. The summed E-state index contributed by atoms with van der Waals surface area (Å²) in [5.74, 6) is -0.0450. The highest BCUT2D eigenvalue weighted by atomic mass is 79.9. The van der Waals surface area contributed by atoms with Gasteiger partial charge in [0.15, 0.2) is 0 Å². The number of hydrogen-bond acceptors (Lipinski definition) is 3. The summed E-state index contributed by atoms with van der Waals surface area (Å²) in [6.07, 6.45) is 1.93. The second-order valence-corrected chi connectivity index (χ2v) is 11.6. The van der Waals surface area contributed by atoms with Gasteiger partial charge in [0.05, 0.1) is 4.90 Å². The summed E-state index contributed by atoms with van der Waals surface area (Å²) in [6.45, 7) is 2.80. The standard InChI is InChI=1S/C25H25BrN2O3S/c1-17-14-21-15-22(26)7-9-24(21)28(17)25(29)19-10-12-27(13-11-19)32(30,31)23-8-6-18-4-2-3-5-20(18)16-23/h2-9,15-17,19H,10-14H2,1H3/t17-/m0/s1. The second-order valence-electron chi connectivity index (χ2n) is 8.72. The molecule has 166 valence electrons. The van der Waals surface area contributed by atoms with Crippen LogP contribution in [0.5, 0.6) is 0 Å². The van der Waals surface area contributed by atoms with E-state index in [1.54, 1.807) is 12.1 Å². The molecule has 5 nitrogen and oxygen atoms in total. The van der Waals surface area contributed by atoms with Crippen molar-refractivity contribution < 1.29 is 13.2 Å². The highest BCUT2D eigenvalue weighted by Crippen LogP contribution is 2.37. The number of carbonyl (C=O) groups is 1. The first-order valence-electron chi connectivity index (χ1n) is 10.9. The van der Waals surface area contributed by atoms with E-state index in [4.69, 9.17) is 0 Å². The maximum atomic E-state index is 13.4. The molecular weight excluding hydrogens is 488 g/mol. The van der Waals surface area contributed by atoms with E-state index < -0.39 is 10.0 Å². The lowest BCUT2D eigenvalue weighted by Gasteiger charge is -2.34. The average Bonchev–Trinajstić information content (AvgIpc) is 3.13. The Morgan fingerprint density at radius 2 is 1.69 bits per heavy atom. The minimum atomic E-state index is -3.58. The van der Waals surface area contributed by atoms with Crippen LogP contribution in [0.1, 0.15) is 25.3 Å². The molecule has 0 N–H and O–H groups in total. The lowest BCUT2D eigenvalue weighted by Crippen LogP contribution is -2.46. The molecule has 3 aromatic carbocycles. The van der Waals surface area contributed by atoms with Gasteiger partial charge in [0, 0.05) is 35.2 Å². The normalized spacial score (nSPS) is 19.9. The van der Waals surface area contributed by atoms with E-state index in [9.17, 15) is 13.2 Å². The molecule has 0 aliphatic carbocycles. The van der Waals surface area contributed by atoms with Gasteiger partial charge in [-0.1, -0.05) is 46.3 Å². The number of sulfonamides is 1. The molecule has 2 heterocycles. The molecule has 3 aromatic rings. The number of nitrogens with zero attached hydrogens (tertiary/aromatic N) is 2. The van der Waals surface area contributed by atoms with Crippen LogP contribution >= 0.6 is 15.9 Å². The summed E-state index contributed by atoms with van der Waals surface area (Å²) >= 11 is 3.51. The number of hydrogen-bond donors (Lipinski definition) is 0. The molecule has 0 unspecified atom stereocenters. The van der Waals surface area contributed by atoms with Crippen LogP contribution in [-0.4, -0.2) is 37.8 Å². The quantitative estimate of drug-likeness (QED) is 0.497. The van der Waals surface area contributed by atoms with Crippen molar-refractivity contribution in [1.82, 2.24) is 4.31 Å². The van der Waals surface area contributed by atoms with Gasteiger partial charge in [0.2, 0.25) is 15.9 Å². The smallest absolute Gasteiger partial charge is 0.243 e. The number of rotatable bonds is 3. The Hall–Kier alpha value is -2.22. The van der Waals surface area contributed by atoms with Crippen molar-refractivity contribution >= 4 is 48.3 Å². The van der Waals surface area contributed by atoms with Gasteiger partial charge in [-0.3, -0.25) is 4.79 Å². The summed E-state index contributed by atoms with van der Waals surface area (Å²) in [7, 11) is -3.58. The number of fused-ring (bicyclic) bond motifs is 2. The Kier molecular flexibility index (Phi) is 5.60. The molecular formula is C25H25BrN2O3S. The fourth-order valence-electron chi connectivity index (χ4n) is 4.95. The Bertz CT molecular complexity index is 1300. The van der Waals surface area contributed by atoms with E-state index in [-0.39, 0.29) is 17.9 Å². The van der Waals surface area contributed by atoms with E-state index >= 15 is 0 Å². The Labute approximate surface area is 197 Å². The molecule has 32 heavy (non-hydrogen) atoms. The number of carbonyl (C=O) groups excluding carboxylic acids is 1. The van der Waals surface area contributed by atoms with Crippen LogP contribution in [0.25, 0.3) is 10.8 Å². The van der Waals surface area contributed by atoms with Crippen molar-refractivity contribution in [2.45, 2.75) is 37.1 Å². The van der Waals surface area contributed by atoms with Crippen molar-refractivity contribution in [3.05, 3.63) is 70.7 Å². The third-order valence-corrected chi connectivity index (χ3v) is 9.04. The lowest BCUT2D eigenvalue weighted by atomic mass is 9.96. The monoisotopic (exact) mass is 512 g/mol. The molecule has 1 amide bonds. The van der Waals surface area contributed by atoms with Crippen molar-refractivity contribution in [2.75, 3.05) is 18.0 Å². The lowest BCUT2D eigenvalue weighted by molar-refractivity contribution is -0.123. The molecule has 2 aliphatic rings. The first kappa shape index (κ1) is 21.6. The predicted octanol–water partition coefficient (Wildman–Crippen LogP) is 4.98. The number of anilines is 1. The maximum Gasteiger partial charge on any atom is 0.243 e. The number of amides is 1. The van der Waals surface area contributed by atoms with Gasteiger partial charge >= 0.3 is 0 Å². The molecule has 1 atom stereocenters. The third-order valence-electron chi connectivity index (χ3n) is 6.66. The first-order chi connectivity index (χ1) is 15.3. The molecule has 0 saturated carbocycles. The molecule has 1 saturated heterocycles. The predicted molar refractivity (Wildman–Crippen MR) is 130 cm³/mol. The minimum absolute atomic E-state index is 0.112. The zero-order valence-corrected chi connectivity index (χ0v) is 20.3. The van der Waals surface area contributed by atoms with Gasteiger partial charge in [-0.25, -0.2) is 8.42 Å². The number of piperidine rings is 1. The molecule has 0 aromatic heterocycles. The van der Waals surface area contributed by atoms with Gasteiger partial charge in [0.1, 0.15) is 0 Å². The minimum Gasteiger partial charge on any atom is -0.309 e. The van der Waals surface area contributed by atoms with Crippen LogP contribution in [-0.2, 0) is 21.2 Å². The van der Waals surface area contributed by atoms with E-state index in [1.807, 2.05) is 47.4 Å². The fraction of sp³-hybridized carbons (Fsp3) is 0.320. The van der Waals surface area contributed by atoms with Gasteiger partial charge in [-0.05, 0) is 72.9 Å². The van der Waals surface area contributed by atoms with Crippen LogP contribution in [0.15, 0.2) is 70.0 Å². The molecule has 2 aliphatic heterocycles. The third kappa shape index (κ3) is 3.76. The second kappa shape index (κ2) is 8.28. The molecule has 0 bridgehead atoms. The summed E-state index contributed by atoms with van der Waals surface area (Å²) < 4.78 is 29.0.